The number of carbonyl (C=O) groups is 2. The molecule has 7 nitrogen and oxygen atoms in total. The zero-order chi connectivity index (χ0) is 23.4. The lowest BCUT2D eigenvalue weighted by molar-refractivity contribution is -0.140. The van der Waals surface area contributed by atoms with Crippen LogP contribution >= 0.6 is 11.3 Å². The fraction of sp³-hybridized carbons (Fsp3) is 0.240. The second-order valence-corrected chi connectivity index (χ2v) is 8.27. The minimum Gasteiger partial charge on any atom is -0.507 e. The third-order valence-corrected chi connectivity index (χ3v) is 6.15. The summed E-state index contributed by atoms with van der Waals surface area (Å²) in [6.45, 7) is 4.69. The fourth-order valence-electron chi connectivity index (χ4n) is 3.83. The molecular weight excluding hydrogens is 440 g/mol. The largest absolute Gasteiger partial charge is 0.507 e. The maximum absolute atomic E-state index is 13.2. The first-order valence-corrected chi connectivity index (χ1v) is 11.5. The molecule has 1 amide bonds. The summed E-state index contributed by atoms with van der Waals surface area (Å²) in [5.74, 6) is -0.728. The zero-order valence-electron chi connectivity index (χ0n) is 18.4. The van der Waals surface area contributed by atoms with E-state index in [-0.39, 0.29) is 17.9 Å². The predicted octanol–water partition coefficient (Wildman–Crippen LogP) is 4.56. The van der Waals surface area contributed by atoms with Crippen molar-refractivity contribution in [2.45, 2.75) is 26.4 Å². The maximum Gasteiger partial charge on any atom is 0.296 e. The lowest BCUT2D eigenvalue weighted by Crippen LogP contribution is -2.29. The number of hydrogen-bond acceptors (Lipinski definition) is 7. The first-order chi connectivity index (χ1) is 16.0. The molecule has 0 radical (unpaired) electrons. The van der Waals surface area contributed by atoms with Crippen LogP contribution in [-0.2, 0) is 16.1 Å². The molecular formula is C25H24N2O5S. The number of likely N-dealkylation sites (tertiary alicyclic amines) is 1. The molecule has 1 aliphatic heterocycles. The lowest BCUT2D eigenvalue weighted by Gasteiger charge is -2.24. The van der Waals surface area contributed by atoms with Gasteiger partial charge >= 0.3 is 0 Å². The van der Waals surface area contributed by atoms with Crippen molar-refractivity contribution >= 4 is 28.8 Å². The first-order valence-electron chi connectivity index (χ1n) is 10.7. The molecule has 8 heteroatoms. The van der Waals surface area contributed by atoms with Crippen molar-refractivity contribution in [3.8, 4) is 11.5 Å². The van der Waals surface area contributed by atoms with Crippen LogP contribution in [0.3, 0.4) is 0 Å². The number of carbonyl (C=O) groups excluding carboxylic acids is 2. The van der Waals surface area contributed by atoms with E-state index in [4.69, 9.17) is 9.47 Å². The normalized spacial score (nSPS) is 17.4. The van der Waals surface area contributed by atoms with Crippen LogP contribution < -0.4 is 9.47 Å². The van der Waals surface area contributed by atoms with Crippen molar-refractivity contribution in [2.24, 2.45) is 0 Å². The number of Topliss-reactive ketones (excluding diaryl/α,β-unsaturated/α-hetero) is 1. The molecule has 1 atom stereocenters. The number of aromatic nitrogens is 1. The van der Waals surface area contributed by atoms with Gasteiger partial charge in [-0.2, -0.15) is 0 Å². The van der Waals surface area contributed by atoms with E-state index in [1.54, 1.807) is 36.5 Å². The molecule has 2 aromatic heterocycles. The average molecular weight is 465 g/mol. The second kappa shape index (κ2) is 9.87. The summed E-state index contributed by atoms with van der Waals surface area (Å²) >= 11 is 1.42. The number of hydrogen-bond donors (Lipinski definition) is 1. The lowest BCUT2D eigenvalue weighted by atomic mass is 9.99. The number of rotatable bonds is 8. The van der Waals surface area contributed by atoms with Gasteiger partial charge in [-0.3, -0.25) is 14.6 Å². The summed E-state index contributed by atoms with van der Waals surface area (Å²) in [4.78, 5) is 32.8. The van der Waals surface area contributed by atoms with Crippen molar-refractivity contribution in [1.82, 2.24) is 9.88 Å². The molecule has 170 valence electrons. The van der Waals surface area contributed by atoms with Crippen molar-refractivity contribution < 1.29 is 24.2 Å². The first kappa shape index (κ1) is 22.5. The van der Waals surface area contributed by atoms with Crippen LogP contribution in [0.25, 0.3) is 5.76 Å². The van der Waals surface area contributed by atoms with E-state index in [1.807, 2.05) is 37.4 Å². The highest BCUT2D eigenvalue weighted by Gasteiger charge is 2.47. The number of pyridine rings is 1. The fourth-order valence-corrected chi connectivity index (χ4v) is 4.67. The minimum absolute atomic E-state index is 0.0310. The maximum atomic E-state index is 13.2. The molecule has 0 bridgehead atoms. The Morgan fingerprint density at radius 2 is 1.91 bits per heavy atom. The highest BCUT2D eigenvalue weighted by molar-refractivity contribution is 7.10. The summed E-state index contributed by atoms with van der Waals surface area (Å²) in [6, 6.07) is 13.4. The van der Waals surface area contributed by atoms with E-state index in [1.165, 1.54) is 16.2 Å². The SMILES string of the molecule is CCOc1ccc(/C(O)=C2/C(=O)C(=O)N(Cc3ccccn3)C2c2cccs2)c(OCC)c1. The number of aliphatic hydroxyl groups excluding tert-OH is 1. The average Bonchev–Trinajstić information content (AvgIpc) is 3.43. The predicted molar refractivity (Wildman–Crippen MR) is 125 cm³/mol. The molecule has 1 saturated heterocycles. The number of ketones is 1. The summed E-state index contributed by atoms with van der Waals surface area (Å²) in [6.07, 6.45) is 1.64. The molecule has 33 heavy (non-hydrogen) atoms. The van der Waals surface area contributed by atoms with Gasteiger partial charge in [-0.25, -0.2) is 0 Å². The van der Waals surface area contributed by atoms with Gasteiger partial charge in [0.2, 0.25) is 0 Å². The molecule has 1 unspecified atom stereocenters. The van der Waals surface area contributed by atoms with Gasteiger partial charge in [0.15, 0.2) is 0 Å². The molecule has 0 aliphatic carbocycles. The molecule has 3 heterocycles. The number of amides is 1. The number of thiophene rings is 1. The van der Waals surface area contributed by atoms with E-state index >= 15 is 0 Å². The Balaban J connectivity index is 1.84. The van der Waals surface area contributed by atoms with Crippen molar-refractivity contribution in [3.05, 3.63) is 81.8 Å². The van der Waals surface area contributed by atoms with Crippen LogP contribution in [0.1, 0.15) is 36.0 Å². The Kier molecular flexibility index (Phi) is 6.74. The Hall–Kier alpha value is -3.65. The van der Waals surface area contributed by atoms with Crippen LogP contribution in [0.4, 0.5) is 0 Å². The summed E-state index contributed by atoms with van der Waals surface area (Å²) in [5, 5.41) is 13.2. The second-order valence-electron chi connectivity index (χ2n) is 7.29. The van der Waals surface area contributed by atoms with Gasteiger partial charge in [-0.1, -0.05) is 12.1 Å². The summed E-state index contributed by atoms with van der Waals surface area (Å²) in [7, 11) is 0. The molecule has 0 spiro atoms. The Morgan fingerprint density at radius 3 is 2.58 bits per heavy atom. The third-order valence-electron chi connectivity index (χ3n) is 5.23. The number of nitrogens with zero attached hydrogens (tertiary/aromatic N) is 2. The summed E-state index contributed by atoms with van der Waals surface area (Å²) < 4.78 is 11.3. The van der Waals surface area contributed by atoms with E-state index < -0.39 is 17.7 Å². The number of aliphatic hydroxyl groups is 1. The van der Waals surface area contributed by atoms with Gasteiger partial charge in [0, 0.05) is 17.1 Å². The van der Waals surface area contributed by atoms with Crippen molar-refractivity contribution in [3.63, 3.8) is 0 Å². The van der Waals surface area contributed by atoms with E-state index in [9.17, 15) is 14.7 Å². The van der Waals surface area contributed by atoms with Crippen LogP contribution in [0.2, 0.25) is 0 Å². The highest BCUT2D eigenvalue weighted by atomic mass is 32.1. The summed E-state index contributed by atoms with van der Waals surface area (Å²) in [5.41, 5.74) is 1.01. The molecule has 4 rings (SSSR count). The molecule has 1 aromatic carbocycles. The molecule has 1 aliphatic rings. The third kappa shape index (κ3) is 4.47. The zero-order valence-corrected chi connectivity index (χ0v) is 19.2. The molecule has 0 saturated carbocycles. The van der Waals surface area contributed by atoms with Gasteiger partial charge < -0.3 is 19.5 Å². The smallest absolute Gasteiger partial charge is 0.296 e. The standard InChI is InChI=1S/C25H24N2O5S/c1-3-31-17-10-11-18(19(14-17)32-4-2)23(28)21-22(20-9-7-13-33-20)27(25(30)24(21)29)15-16-8-5-6-12-26-16/h5-14,22,28H,3-4,15H2,1-2H3/b23-21-. The van der Waals surface area contributed by atoms with Crippen LogP contribution in [0.15, 0.2) is 65.7 Å². The van der Waals surface area contributed by atoms with Gasteiger partial charge in [0.1, 0.15) is 23.3 Å². The number of benzene rings is 1. The number of ether oxygens (including phenoxy) is 2. The van der Waals surface area contributed by atoms with Gasteiger partial charge in [-0.05, 0) is 49.6 Å². The van der Waals surface area contributed by atoms with Gasteiger partial charge in [-0.15, -0.1) is 11.3 Å². The molecule has 1 fully saturated rings. The van der Waals surface area contributed by atoms with Gasteiger partial charge in [0.05, 0.1) is 36.6 Å². The van der Waals surface area contributed by atoms with Crippen LogP contribution in [0.5, 0.6) is 11.5 Å². The Labute approximate surface area is 195 Å². The minimum atomic E-state index is -0.738. The highest BCUT2D eigenvalue weighted by Crippen LogP contribution is 2.43. The monoisotopic (exact) mass is 464 g/mol. The van der Waals surface area contributed by atoms with Crippen molar-refractivity contribution in [2.75, 3.05) is 13.2 Å². The molecule has 1 N–H and O–H groups in total. The van der Waals surface area contributed by atoms with E-state index in [0.717, 1.165) is 4.88 Å². The topological polar surface area (TPSA) is 89.0 Å². The van der Waals surface area contributed by atoms with E-state index in [0.29, 0.717) is 36.0 Å². The Morgan fingerprint density at radius 1 is 1.09 bits per heavy atom. The van der Waals surface area contributed by atoms with E-state index in [2.05, 4.69) is 4.98 Å². The van der Waals surface area contributed by atoms with Crippen LogP contribution in [0, 0.1) is 0 Å². The van der Waals surface area contributed by atoms with Gasteiger partial charge in [0.25, 0.3) is 11.7 Å². The van der Waals surface area contributed by atoms with Crippen molar-refractivity contribution in [1.29, 1.82) is 0 Å². The molecule has 3 aromatic rings. The quantitative estimate of drug-likeness (QED) is 0.299. The Bertz CT molecular complexity index is 1170. The van der Waals surface area contributed by atoms with Crippen LogP contribution in [-0.4, -0.2) is 39.9 Å².